The number of alkyl halides is 2. The van der Waals surface area contributed by atoms with Crippen LogP contribution in [0.2, 0.25) is 0 Å². The summed E-state index contributed by atoms with van der Waals surface area (Å²) in [6.07, 6.45) is -2.98. The van der Waals surface area contributed by atoms with Gasteiger partial charge in [-0.25, -0.2) is 22.6 Å². The lowest BCUT2D eigenvalue weighted by Gasteiger charge is -2.24. The molecular weight excluding hydrogens is 618 g/mol. The Labute approximate surface area is 217 Å². The molecule has 3 N–H and O–H groups in total. The number of amides is 4. The van der Waals surface area contributed by atoms with Crippen molar-refractivity contribution in [2.75, 3.05) is 55.6 Å². The summed E-state index contributed by atoms with van der Waals surface area (Å²) in [4.78, 5) is 39.7. The molecule has 2 fully saturated rings. The lowest BCUT2D eigenvalue weighted by atomic mass is 10.2. The van der Waals surface area contributed by atoms with Crippen LogP contribution in [0, 0.1) is 5.82 Å². The van der Waals surface area contributed by atoms with Gasteiger partial charge < -0.3 is 20.3 Å². The quantitative estimate of drug-likeness (QED) is 0.392. The van der Waals surface area contributed by atoms with Crippen molar-refractivity contribution >= 4 is 58.0 Å². The molecule has 1 unspecified atom stereocenters. The third-order valence-corrected chi connectivity index (χ3v) is 9.31. The van der Waals surface area contributed by atoms with Crippen LogP contribution in [0.25, 0.3) is 0 Å². The van der Waals surface area contributed by atoms with Crippen molar-refractivity contribution in [3.8, 4) is 0 Å². The molecule has 196 valence electrons. The fourth-order valence-electron chi connectivity index (χ4n) is 3.69. The molecule has 0 bridgehead atoms. The number of rotatable bonds is 7. The Balaban J connectivity index is 1.31. The number of carbonyl (C=O) groups excluding carboxylic acids is 3. The minimum atomic E-state index is -3.17. The van der Waals surface area contributed by atoms with Crippen LogP contribution in [0.3, 0.4) is 0 Å². The van der Waals surface area contributed by atoms with Gasteiger partial charge in [0.05, 0.1) is 57.2 Å². The van der Waals surface area contributed by atoms with Gasteiger partial charge in [0, 0.05) is 30.7 Å². The Kier molecular flexibility index (Phi) is 8.89. The van der Waals surface area contributed by atoms with Crippen LogP contribution in [0.1, 0.15) is 0 Å². The van der Waals surface area contributed by atoms with Crippen molar-refractivity contribution in [3.05, 3.63) is 35.1 Å². The van der Waals surface area contributed by atoms with Gasteiger partial charge in [0.25, 0.3) is 5.91 Å². The van der Waals surface area contributed by atoms with E-state index in [-0.39, 0.29) is 44.5 Å². The lowest BCUT2D eigenvalue weighted by molar-refractivity contribution is -0.132. The molecule has 3 heterocycles. The molecule has 3 aliphatic rings. The van der Waals surface area contributed by atoms with Crippen LogP contribution >= 0.6 is 28.6 Å². The number of anilines is 2. The van der Waals surface area contributed by atoms with E-state index in [4.69, 9.17) is 4.74 Å². The van der Waals surface area contributed by atoms with Crippen LogP contribution in [-0.2, 0) is 9.53 Å². The predicted molar refractivity (Wildman–Crippen MR) is 135 cm³/mol. The van der Waals surface area contributed by atoms with E-state index in [1.165, 1.54) is 22.0 Å². The predicted octanol–water partition coefficient (Wildman–Crippen LogP) is 2.53. The van der Waals surface area contributed by atoms with E-state index in [1.807, 2.05) is 5.32 Å². The zero-order valence-corrected chi connectivity index (χ0v) is 21.7. The number of urea groups is 1. The second kappa shape index (κ2) is 12.1. The first-order chi connectivity index (χ1) is 17.3. The third-order valence-electron chi connectivity index (χ3n) is 5.46. The highest BCUT2D eigenvalue weighted by atomic mass is 127. The molecule has 16 heteroatoms. The van der Waals surface area contributed by atoms with Crippen molar-refractivity contribution in [2.24, 2.45) is 3.15 Å². The standard InChI is InChI=1S/C20H23F3IN7O4S/c21-15-7-12(30-11-13(35-20(30)34)8-25-18(32)17(22)23)1-2-16(15)29-4-3-28-31(6-5-29)19(33)26-9-14-10-27-24-36-14/h1-2,7,10,13,17,28H,3-6,8-9,11H2,(H,25,32)(H,26,33). The molecule has 1 atom stereocenters. The minimum Gasteiger partial charge on any atom is -0.442 e. The normalized spacial score (nSPS) is 20.1. The largest absolute Gasteiger partial charge is 0.442 e. The first kappa shape index (κ1) is 26.5. The van der Waals surface area contributed by atoms with Gasteiger partial charge in [0.1, 0.15) is 11.9 Å². The molecule has 1 aromatic carbocycles. The Hall–Kier alpha value is -2.60. The van der Waals surface area contributed by atoms with Gasteiger partial charge in [-0.1, -0.05) is 0 Å². The molecule has 0 spiro atoms. The van der Waals surface area contributed by atoms with Gasteiger partial charge in [-0.2, -0.15) is 8.78 Å². The number of cyclic esters (lactones) is 1. The molecule has 2 saturated heterocycles. The van der Waals surface area contributed by atoms with Crippen LogP contribution in [-0.4, -0.2) is 81.4 Å². The third kappa shape index (κ3) is 6.58. The summed E-state index contributed by atoms with van der Waals surface area (Å²) in [5, 5.41) is 6.31. The Morgan fingerprint density at radius 1 is 1.28 bits per heavy atom. The summed E-state index contributed by atoms with van der Waals surface area (Å²) in [5.74, 6) is -2.02. The van der Waals surface area contributed by atoms with Crippen LogP contribution in [0.5, 0.6) is 0 Å². The monoisotopic (exact) mass is 641 g/mol. The SMILES string of the molecule is O=C(NCC1CN(c2ccc(N3CCNN(C(=O)NCC4=CN=IS4)CC3)c(F)c2)C(=O)O1)C(F)F. The highest BCUT2D eigenvalue weighted by Crippen LogP contribution is 2.36. The summed E-state index contributed by atoms with van der Waals surface area (Å²) in [6, 6.07) is 4.02. The van der Waals surface area contributed by atoms with E-state index >= 15 is 4.39 Å². The van der Waals surface area contributed by atoms with Gasteiger partial charge in [-0.3, -0.25) is 14.7 Å². The number of carbonyl (C=O) groups is 3. The van der Waals surface area contributed by atoms with Crippen molar-refractivity contribution in [2.45, 2.75) is 12.5 Å². The average Bonchev–Trinajstić information content (AvgIpc) is 3.44. The number of halogens is 4. The van der Waals surface area contributed by atoms with Crippen LogP contribution in [0.15, 0.2) is 32.4 Å². The van der Waals surface area contributed by atoms with Gasteiger partial charge in [0.15, 0.2) is 0 Å². The van der Waals surface area contributed by atoms with Crippen LogP contribution in [0.4, 0.5) is 34.1 Å². The van der Waals surface area contributed by atoms with E-state index < -0.39 is 30.3 Å². The molecule has 0 radical (unpaired) electrons. The van der Waals surface area contributed by atoms with E-state index in [0.29, 0.717) is 38.4 Å². The first-order valence-electron chi connectivity index (χ1n) is 10.9. The van der Waals surface area contributed by atoms with Crippen molar-refractivity contribution < 1.29 is 32.3 Å². The smallest absolute Gasteiger partial charge is 0.414 e. The summed E-state index contributed by atoms with van der Waals surface area (Å²) in [5.41, 5.74) is 3.59. The lowest BCUT2D eigenvalue weighted by Crippen LogP contribution is -2.49. The van der Waals surface area contributed by atoms with Crippen molar-refractivity contribution in [1.29, 1.82) is 0 Å². The van der Waals surface area contributed by atoms with Gasteiger partial charge in [-0.05, 0) is 27.1 Å². The summed E-state index contributed by atoms with van der Waals surface area (Å²) in [6.45, 7) is 1.68. The topological polar surface area (TPSA) is 119 Å². The average molecular weight is 641 g/mol. The van der Waals surface area contributed by atoms with Crippen molar-refractivity contribution in [3.63, 3.8) is 0 Å². The number of nitrogens with zero attached hydrogens (tertiary/aromatic N) is 4. The molecule has 0 aliphatic carbocycles. The summed E-state index contributed by atoms with van der Waals surface area (Å²) < 4.78 is 49.0. The summed E-state index contributed by atoms with van der Waals surface area (Å²) >= 11 is -0.245. The van der Waals surface area contributed by atoms with E-state index in [0.717, 1.165) is 4.91 Å². The molecule has 1 aromatic rings. The Morgan fingerprint density at radius 3 is 2.83 bits per heavy atom. The van der Waals surface area contributed by atoms with Gasteiger partial charge in [-0.15, -0.1) is 0 Å². The fourth-order valence-corrected chi connectivity index (χ4v) is 6.85. The maximum absolute atomic E-state index is 15.0. The van der Waals surface area contributed by atoms with Gasteiger partial charge in [0.2, 0.25) is 0 Å². The number of hydrogen-bond acceptors (Lipinski definition) is 8. The number of hydrazine groups is 1. The first-order valence-corrected chi connectivity index (χ1v) is 15.2. The van der Waals surface area contributed by atoms with E-state index in [2.05, 4.69) is 13.9 Å². The zero-order chi connectivity index (χ0) is 25.7. The van der Waals surface area contributed by atoms with E-state index in [9.17, 15) is 23.2 Å². The molecule has 3 aliphatic heterocycles. The van der Waals surface area contributed by atoms with E-state index in [1.54, 1.807) is 26.1 Å². The zero-order valence-electron chi connectivity index (χ0n) is 18.8. The van der Waals surface area contributed by atoms with Crippen LogP contribution < -0.4 is 25.9 Å². The minimum absolute atomic E-state index is 0.0237. The molecule has 11 nitrogen and oxygen atoms in total. The number of ether oxygens (including phenoxy) is 1. The molecule has 4 amide bonds. The maximum atomic E-state index is 15.0. The highest BCUT2D eigenvalue weighted by molar-refractivity contribution is 14.2. The molecule has 0 aromatic heterocycles. The molecule has 0 saturated carbocycles. The molecular formula is C20H23F3IN7O4S. The number of benzene rings is 1. The molecule has 4 rings (SSSR count). The number of hydrogen-bond donors (Lipinski definition) is 3. The Morgan fingerprint density at radius 2 is 2.11 bits per heavy atom. The van der Waals surface area contributed by atoms with Crippen molar-refractivity contribution in [1.82, 2.24) is 21.1 Å². The number of nitrogens with one attached hydrogen (secondary N) is 3. The summed E-state index contributed by atoms with van der Waals surface area (Å²) in [7, 11) is 1.67. The highest BCUT2D eigenvalue weighted by Gasteiger charge is 2.33. The Bertz CT molecular complexity index is 1080. The second-order valence-electron chi connectivity index (χ2n) is 7.84. The maximum Gasteiger partial charge on any atom is 0.414 e. The fraction of sp³-hybridized carbons (Fsp3) is 0.450. The molecule has 36 heavy (non-hydrogen) atoms. The van der Waals surface area contributed by atoms with Gasteiger partial charge >= 0.3 is 18.5 Å². The second-order valence-corrected chi connectivity index (χ2v) is 11.7.